The van der Waals surface area contributed by atoms with Crippen molar-refractivity contribution in [2.24, 2.45) is 4.99 Å². The normalized spacial score (nSPS) is 20.1. The van der Waals surface area contributed by atoms with Crippen molar-refractivity contribution in [2.75, 3.05) is 26.2 Å². The van der Waals surface area contributed by atoms with Crippen LogP contribution in [0.2, 0.25) is 5.02 Å². The van der Waals surface area contributed by atoms with Crippen LogP contribution in [0.25, 0.3) is 0 Å². The molecule has 0 amide bonds. The molecular weight excluding hydrogens is 260 g/mol. The van der Waals surface area contributed by atoms with Crippen molar-refractivity contribution < 1.29 is 0 Å². The summed E-state index contributed by atoms with van der Waals surface area (Å²) in [6, 6.07) is 5.97. The zero-order chi connectivity index (χ0) is 13.2. The first-order valence-electron chi connectivity index (χ1n) is 6.87. The molecule has 1 aromatic rings. The van der Waals surface area contributed by atoms with Crippen molar-refractivity contribution in [1.29, 1.82) is 0 Å². The molecule has 2 heterocycles. The quantitative estimate of drug-likeness (QED) is 0.901. The van der Waals surface area contributed by atoms with Crippen LogP contribution in [-0.2, 0) is 6.54 Å². The zero-order valence-corrected chi connectivity index (χ0v) is 12.0. The van der Waals surface area contributed by atoms with Gasteiger partial charge in [-0.05, 0) is 12.1 Å². The van der Waals surface area contributed by atoms with E-state index in [4.69, 9.17) is 16.6 Å². The van der Waals surface area contributed by atoms with Crippen LogP contribution in [0.1, 0.15) is 18.9 Å². The Balaban J connectivity index is 1.93. The summed E-state index contributed by atoms with van der Waals surface area (Å²) < 4.78 is 0. The smallest absolute Gasteiger partial charge is 0.119 e. The zero-order valence-electron chi connectivity index (χ0n) is 11.2. The number of hydrazine groups is 1. The van der Waals surface area contributed by atoms with Gasteiger partial charge in [-0.3, -0.25) is 5.01 Å². The Labute approximate surface area is 119 Å². The fourth-order valence-electron chi connectivity index (χ4n) is 2.67. The van der Waals surface area contributed by atoms with Gasteiger partial charge in [-0.2, -0.15) is 0 Å². The number of hydrogen-bond donors (Lipinski definition) is 1. The first kappa shape index (κ1) is 12.9. The summed E-state index contributed by atoms with van der Waals surface area (Å²) in [5, 5.41) is 8.88. The predicted molar refractivity (Wildman–Crippen MR) is 78.8 cm³/mol. The minimum atomic E-state index is 0.816. The van der Waals surface area contributed by atoms with Gasteiger partial charge in [0.05, 0.1) is 12.2 Å². The Morgan fingerprint density at radius 3 is 2.84 bits per heavy atom. The monoisotopic (exact) mass is 278 g/mol. The maximum atomic E-state index is 6.31. The van der Waals surface area contributed by atoms with Gasteiger partial charge in [0.15, 0.2) is 0 Å². The summed E-state index contributed by atoms with van der Waals surface area (Å²) >= 11 is 6.31. The maximum Gasteiger partial charge on any atom is 0.119 e. The standard InChI is InChI=1S/C14H19ClN4/c1-2-14-17-13-5-3-4-12(15)11(13)10-19(14)18-8-6-16-7-9-18/h3-5,16H,2,6-10H2,1H3. The van der Waals surface area contributed by atoms with E-state index >= 15 is 0 Å². The molecule has 0 spiro atoms. The van der Waals surface area contributed by atoms with Crippen LogP contribution in [0.5, 0.6) is 0 Å². The Kier molecular flexibility index (Phi) is 3.73. The topological polar surface area (TPSA) is 30.9 Å². The van der Waals surface area contributed by atoms with Gasteiger partial charge in [-0.1, -0.05) is 24.6 Å². The maximum absolute atomic E-state index is 6.31. The van der Waals surface area contributed by atoms with Crippen LogP contribution in [0.3, 0.4) is 0 Å². The van der Waals surface area contributed by atoms with Gasteiger partial charge in [-0.25, -0.2) is 10.0 Å². The van der Waals surface area contributed by atoms with E-state index in [1.54, 1.807) is 0 Å². The average Bonchev–Trinajstić information content (AvgIpc) is 2.47. The van der Waals surface area contributed by atoms with E-state index in [0.29, 0.717) is 0 Å². The number of halogens is 1. The second-order valence-corrected chi connectivity index (χ2v) is 5.29. The Hall–Kier alpha value is -1.10. The van der Waals surface area contributed by atoms with Crippen molar-refractivity contribution in [2.45, 2.75) is 19.9 Å². The molecule has 0 radical (unpaired) electrons. The van der Waals surface area contributed by atoms with Crippen LogP contribution in [-0.4, -0.2) is 42.0 Å². The molecule has 0 saturated carbocycles. The van der Waals surface area contributed by atoms with Gasteiger partial charge in [0.1, 0.15) is 5.84 Å². The number of rotatable bonds is 2. The number of hydrogen-bond acceptors (Lipinski definition) is 4. The summed E-state index contributed by atoms with van der Waals surface area (Å²) in [4.78, 5) is 4.78. The highest BCUT2D eigenvalue weighted by Crippen LogP contribution is 2.33. The minimum Gasteiger partial charge on any atom is -0.314 e. The third-order valence-electron chi connectivity index (χ3n) is 3.70. The third-order valence-corrected chi connectivity index (χ3v) is 4.05. The number of piperazine rings is 1. The molecule has 0 aliphatic carbocycles. The minimum absolute atomic E-state index is 0.816. The molecule has 1 saturated heterocycles. The Bertz CT molecular complexity index is 494. The molecule has 1 fully saturated rings. The lowest BCUT2D eigenvalue weighted by molar-refractivity contribution is 0.0222. The van der Waals surface area contributed by atoms with Crippen LogP contribution in [0.4, 0.5) is 5.69 Å². The van der Waals surface area contributed by atoms with Crippen LogP contribution >= 0.6 is 11.6 Å². The lowest BCUT2D eigenvalue weighted by Crippen LogP contribution is -2.54. The lowest BCUT2D eigenvalue weighted by atomic mass is 10.1. The van der Waals surface area contributed by atoms with Crippen molar-refractivity contribution in [1.82, 2.24) is 15.3 Å². The number of nitrogens with one attached hydrogen (secondary N) is 1. The highest BCUT2D eigenvalue weighted by atomic mass is 35.5. The van der Waals surface area contributed by atoms with Crippen molar-refractivity contribution in [3.63, 3.8) is 0 Å². The Morgan fingerprint density at radius 2 is 2.11 bits per heavy atom. The van der Waals surface area contributed by atoms with Crippen molar-refractivity contribution in [3.8, 4) is 0 Å². The molecule has 1 N–H and O–H groups in total. The number of aliphatic imine (C=N–C) groups is 1. The molecule has 4 nitrogen and oxygen atoms in total. The molecule has 2 aliphatic rings. The molecule has 0 unspecified atom stereocenters. The van der Waals surface area contributed by atoms with E-state index in [1.165, 1.54) is 0 Å². The van der Waals surface area contributed by atoms with Gasteiger partial charge in [0, 0.05) is 43.2 Å². The second-order valence-electron chi connectivity index (χ2n) is 4.88. The van der Waals surface area contributed by atoms with Crippen molar-refractivity contribution in [3.05, 3.63) is 28.8 Å². The number of fused-ring (bicyclic) bond motifs is 1. The molecule has 5 heteroatoms. The van der Waals surface area contributed by atoms with E-state index in [2.05, 4.69) is 22.3 Å². The van der Waals surface area contributed by atoms with Gasteiger partial charge in [0.25, 0.3) is 0 Å². The molecule has 0 aromatic heterocycles. The van der Waals surface area contributed by atoms with Crippen LogP contribution < -0.4 is 5.32 Å². The number of benzene rings is 1. The summed E-state index contributed by atoms with van der Waals surface area (Å²) in [6.45, 7) is 7.11. The molecule has 3 rings (SSSR count). The van der Waals surface area contributed by atoms with Gasteiger partial charge < -0.3 is 5.32 Å². The van der Waals surface area contributed by atoms with E-state index in [9.17, 15) is 0 Å². The van der Waals surface area contributed by atoms with Gasteiger partial charge in [-0.15, -0.1) is 0 Å². The summed E-state index contributed by atoms with van der Waals surface area (Å²) in [5.41, 5.74) is 2.16. The highest BCUT2D eigenvalue weighted by molar-refractivity contribution is 6.31. The molecule has 19 heavy (non-hydrogen) atoms. The molecule has 2 aliphatic heterocycles. The average molecular weight is 279 g/mol. The molecule has 0 atom stereocenters. The van der Waals surface area contributed by atoms with E-state index in [1.807, 2.05) is 18.2 Å². The van der Waals surface area contributed by atoms with Gasteiger partial charge >= 0.3 is 0 Å². The third kappa shape index (κ3) is 2.48. The largest absolute Gasteiger partial charge is 0.314 e. The predicted octanol–water partition coefficient (Wildman–Crippen LogP) is 2.42. The van der Waals surface area contributed by atoms with Gasteiger partial charge in [0.2, 0.25) is 0 Å². The summed E-state index contributed by atoms with van der Waals surface area (Å²) in [6.07, 6.45) is 0.940. The van der Waals surface area contributed by atoms with Crippen LogP contribution in [0, 0.1) is 0 Å². The number of nitrogens with zero attached hydrogens (tertiary/aromatic N) is 3. The van der Waals surface area contributed by atoms with Crippen molar-refractivity contribution >= 4 is 23.1 Å². The highest BCUT2D eigenvalue weighted by Gasteiger charge is 2.26. The molecular formula is C14H19ClN4. The molecule has 102 valence electrons. The fourth-order valence-corrected chi connectivity index (χ4v) is 2.89. The Morgan fingerprint density at radius 1 is 1.32 bits per heavy atom. The molecule has 0 bridgehead atoms. The summed E-state index contributed by atoms with van der Waals surface area (Å²) in [7, 11) is 0. The summed E-state index contributed by atoms with van der Waals surface area (Å²) in [5.74, 6) is 1.14. The first-order valence-corrected chi connectivity index (χ1v) is 7.25. The second kappa shape index (κ2) is 5.49. The number of amidine groups is 1. The van der Waals surface area contributed by atoms with Crippen LogP contribution in [0.15, 0.2) is 23.2 Å². The molecule has 1 aromatic carbocycles. The van der Waals surface area contributed by atoms with E-state index in [-0.39, 0.29) is 0 Å². The van der Waals surface area contributed by atoms with E-state index < -0.39 is 0 Å². The SMILES string of the molecule is CCC1=Nc2cccc(Cl)c2CN1N1CCNCC1. The van der Waals surface area contributed by atoms with E-state index in [0.717, 1.165) is 61.3 Å². The first-order chi connectivity index (χ1) is 9.29. The fraction of sp³-hybridized carbons (Fsp3) is 0.500. The lowest BCUT2D eigenvalue weighted by Gasteiger charge is -2.41.